The molecule has 0 atom stereocenters. The van der Waals surface area contributed by atoms with Gasteiger partial charge in [-0.15, -0.1) is 0 Å². The summed E-state index contributed by atoms with van der Waals surface area (Å²) >= 11 is 6.07. The van der Waals surface area contributed by atoms with Crippen molar-refractivity contribution < 1.29 is 14.4 Å². The number of hydrogen-bond acceptors (Lipinski definition) is 3. The number of fused-ring (bicyclic) bond motifs is 1. The summed E-state index contributed by atoms with van der Waals surface area (Å²) < 4.78 is 5.43. The van der Waals surface area contributed by atoms with Crippen LogP contribution in [0.4, 0.5) is 5.69 Å². The van der Waals surface area contributed by atoms with E-state index in [9.17, 15) is 4.79 Å². The molecule has 0 unspecified atom stereocenters. The minimum atomic E-state index is 0.0426. The number of halogens is 1. The number of hydrogen-bond donors (Lipinski definition) is 3. The number of benzene rings is 2. The minimum absolute atomic E-state index is 0.0426. The highest BCUT2D eigenvalue weighted by molar-refractivity contribution is 6.31. The summed E-state index contributed by atoms with van der Waals surface area (Å²) in [7, 11) is 0. The number of rotatable bonds is 6. The molecule has 152 valence electrons. The molecular weight excluding hydrogens is 388 g/mol. The number of quaternary nitrogens is 1. The molecule has 6 nitrogen and oxygen atoms in total. The summed E-state index contributed by atoms with van der Waals surface area (Å²) in [6.07, 6.45) is 2.03. The van der Waals surface area contributed by atoms with Gasteiger partial charge >= 0.3 is 0 Å². The topological polar surface area (TPSA) is 71.4 Å². The van der Waals surface area contributed by atoms with Gasteiger partial charge in [-0.1, -0.05) is 11.6 Å². The fourth-order valence-electron chi connectivity index (χ4n) is 3.90. The second-order valence-electron chi connectivity index (χ2n) is 7.49. The van der Waals surface area contributed by atoms with Gasteiger partial charge in [0.1, 0.15) is 11.6 Å². The van der Waals surface area contributed by atoms with E-state index in [1.54, 1.807) is 0 Å². The number of aromatic amines is 1. The Bertz CT molecular complexity index is 978. The van der Waals surface area contributed by atoms with Gasteiger partial charge in [-0.2, -0.15) is 0 Å². The van der Waals surface area contributed by atoms with E-state index in [0.717, 1.165) is 54.2 Å². The summed E-state index contributed by atoms with van der Waals surface area (Å²) in [6, 6.07) is 13.2. The predicted molar refractivity (Wildman–Crippen MR) is 115 cm³/mol. The van der Waals surface area contributed by atoms with E-state index < -0.39 is 0 Å². The van der Waals surface area contributed by atoms with Crippen molar-refractivity contribution in [2.75, 3.05) is 31.6 Å². The van der Waals surface area contributed by atoms with Gasteiger partial charge in [0.15, 0.2) is 6.54 Å². The van der Waals surface area contributed by atoms with E-state index in [4.69, 9.17) is 21.3 Å². The quantitative estimate of drug-likeness (QED) is 0.581. The average molecular weight is 414 g/mol. The fraction of sp³-hybridized carbons (Fsp3) is 0.364. The minimum Gasteiger partial charge on any atom is -0.494 e. The molecular formula is C22H26ClN4O2+. The van der Waals surface area contributed by atoms with E-state index in [0.29, 0.717) is 24.1 Å². The number of H-pyrrole nitrogens is 1. The molecule has 1 saturated heterocycles. The molecule has 4 rings (SSSR count). The molecule has 0 aliphatic carbocycles. The van der Waals surface area contributed by atoms with Gasteiger partial charge in [0.25, 0.3) is 5.91 Å². The number of carbonyl (C=O) groups excluding carboxylic acids is 1. The van der Waals surface area contributed by atoms with Crippen LogP contribution in [0.2, 0.25) is 5.02 Å². The molecule has 1 aliphatic rings. The Morgan fingerprint density at radius 2 is 2.00 bits per heavy atom. The Morgan fingerprint density at radius 3 is 2.72 bits per heavy atom. The number of aromatic nitrogens is 2. The molecule has 1 aliphatic heterocycles. The molecule has 0 saturated carbocycles. The third-order valence-electron chi connectivity index (χ3n) is 5.40. The average Bonchev–Trinajstić information content (AvgIpc) is 3.13. The highest BCUT2D eigenvalue weighted by Gasteiger charge is 2.27. The van der Waals surface area contributed by atoms with Gasteiger partial charge in [-0.05, 0) is 49.4 Å². The first-order chi connectivity index (χ1) is 14.1. The Morgan fingerprint density at radius 1 is 1.24 bits per heavy atom. The van der Waals surface area contributed by atoms with Crippen LogP contribution in [0, 0.1) is 0 Å². The smallest absolute Gasteiger partial charge is 0.279 e. The Labute approximate surface area is 175 Å². The second kappa shape index (κ2) is 8.84. The second-order valence-corrected chi connectivity index (χ2v) is 7.93. The number of amides is 1. The molecule has 2 aromatic carbocycles. The SMILES string of the molecule is CCOc1ccc(NC(=O)C[NH+]2CCC(c3nc4ccc(Cl)cc4[nH]3)CC2)cc1. The third kappa shape index (κ3) is 4.89. The highest BCUT2D eigenvalue weighted by Crippen LogP contribution is 2.25. The lowest BCUT2D eigenvalue weighted by atomic mass is 9.96. The number of nitrogens with zero attached hydrogens (tertiary/aromatic N) is 1. The summed E-state index contributed by atoms with van der Waals surface area (Å²) in [5.41, 5.74) is 2.74. The largest absolute Gasteiger partial charge is 0.494 e. The lowest BCUT2D eigenvalue weighted by Gasteiger charge is -2.27. The number of imidazole rings is 1. The molecule has 3 N–H and O–H groups in total. The molecule has 7 heteroatoms. The summed E-state index contributed by atoms with van der Waals surface area (Å²) in [5.74, 6) is 2.28. The van der Waals surface area contributed by atoms with Crippen LogP contribution in [0.25, 0.3) is 11.0 Å². The van der Waals surface area contributed by atoms with Crippen LogP contribution in [0.1, 0.15) is 31.5 Å². The zero-order chi connectivity index (χ0) is 20.2. The van der Waals surface area contributed by atoms with Crippen LogP contribution in [-0.4, -0.2) is 42.1 Å². The van der Waals surface area contributed by atoms with E-state index in [1.807, 2.05) is 49.4 Å². The molecule has 0 bridgehead atoms. The van der Waals surface area contributed by atoms with Crippen molar-refractivity contribution in [2.45, 2.75) is 25.7 Å². The van der Waals surface area contributed by atoms with Gasteiger partial charge < -0.3 is 19.9 Å². The first kappa shape index (κ1) is 19.7. The number of piperidine rings is 1. The number of likely N-dealkylation sites (tertiary alicyclic amines) is 1. The Balaban J connectivity index is 1.28. The fourth-order valence-corrected chi connectivity index (χ4v) is 4.08. The zero-order valence-electron chi connectivity index (χ0n) is 16.5. The normalized spacial score (nSPS) is 19.2. The molecule has 0 spiro atoms. The van der Waals surface area contributed by atoms with Crippen LogP contribution in [0.3, 0.4) is 0 Å². The highest BCUT2D eigenvalue weighted by atomic mass is 35.5. The number of ether oxygens (including phenoxy) is 1. The van der Waals surface area contributed by atoms with Gasteiger partial charge in [0.05, 0.1) is 30.7 Å². The molecule has 0 radical (unpaired) electrons. The molecule has 1 amide bonds. The predicted octanol–water partition coefficient (Wildman–Crippen LogP) is 3.02. The molecule has 2 heterocycles. The summed E-state index contributed by atoms with van der Waals surface area (Å²) in [6.45, 7) is 4.98. The number of carbonyl (C=O) groups is 1. The summed E-state index contributed by atoms with van der Waals surface area (Å²) in [5, 5.41) is 3.69. The van der Waals surface area contributed by atoms with Crippen LogP contribution in [0.15, 0.2) is 42.5 Å². The Hall–Kier alpha value is -2.57. The number of anilines is 1. The van der Waals surface area contributed by atoms with Gasteiger partial charge in [-0.25, -0.2) is 4.98 Å². The van der Waals surface area contributed by atoms with Crippen molar-refractivity contribution in [3.8, 4) is 5.75 Å². The van der Waals surface area contributed by atoms with Crippen LogP contribution < -0.4 is 15.0 Å². The van der Waals surface area contributed by atoms with E-state index >= 15 is 0 Å². The summed E-state index contributed by atoms with van der Waals surface area (Å²) in [4.78, 5) is 21.8. The van der Waals surface area contributed by atoms with Crippen molar-refractivity contribution in [3.05, 3.63) is 53.3 Å². The van der Waals surface area contributed by atoms with Crippen molar-refractivity contribution in [1.29, 1.82) is 0 Å². The first-order valence-corrected chi connectivity index (χ1v) is 10.5. The van der Waals surface area contributed by atoms with E-state index in [2.05, 4.69) is 10.3 Å². The maximum absolute atomic E-state index is 12.4. The van der Waals surface area contributed by atoms with Crippen LogP contribution >= 0.6 is 11.6 Å². The third-order valence-corrected chi connectivity index (χ3v) is 5.64. The Kier molecular flexibility index (Phi) is 6.02. The lowest BCUT2D eigenvalue weighted by Crippen LogP contribution is -3.14. The van der Waals surface area contributed by atoms with Crippen LogP contribution in [-0.2, 0) is 4.79 Å². The maximum atomic E-state index is 12.4. The molecule has 3 aromatic rings. The van der Waals surface area contributed by atoms with Gasteiger partial charge in [0, 0.05) is 29.5 Å². The van der Waals surface area contributed by atoms with Crippen molar-refractivity contribution in [1.82, 2.24) is 9.97 Å². The van der Waals surface area contributed by atoms with Gasteiger partial charge in [0.2, 0.25) is 0 Å². The zero-order valence-corrected chi connectivity index (χ0v) is 17.3. The first-order valence-electron chi connectivity index (χ1n) is 10.1. The molecule has 29 heavy (non-hydrogen) atoms. The van der Waals surface area contributed by atoms with Crippen molar-refractivity contribution >= 4 is 34.2 Å². The maximum Gasteiger partial charge on any atom is 0.279 e. The van der Waals surface area contributed by atoms with E-state index in [-0.39, 0.29) is 5.91 Å². The standard InChI is InChI=1S/C22H25ClN4O2/c1-2-29-18-6-4-17(5-7-18)24-21(28)14-27-11-9-15(10-12-27)22-25-19-8-3-16(23)13-20(19)26-22/h3-8,13,15H,2,9-12,14H2,1H3,(H,24,28)(H,25,26)/p+1. The van der Waals surface area contributed by atoms with E-state index in [1.165, 1.54) is 4.90 Å². The molecule has 1 fully saturated rings. The van der Waals surface area contributed by atoms with Gasteiger partial charge in [-0.3, -0.25) is 4.79 Å². The molecule has 1 aromatic heterocycles. The van der Waals surface area contributed by atoms with Crippen molar-refractivity contribution in [2.24, 2.45) is 0 Å². The van der Waals surface area contributed by atoms with Crippen LogP contribution in [0.5, 0.6) is 5.75 Å². The monoisotopic (exact) mass is 413 g/mol. The van der Waals surface area contributed by atoms with Crippen molar-refractivity contribution in [3.63, 3.8) is 0 Å². The lowest BCUT2D eigenvalue weighted by molar-refractivity contribution is -0.897. The number of nitrogens with one attached hydrogen (secondary N) is 3.